The smallest absolute Gasteiger partial charge is 0.272 e. The van der Waals surface area contributed by atoms with E-state index in [0.29, 0.717) is 28.9 Å². The zero-order valence-electron chi connectivity index (χ0n) is 20.6. The van der Waals surface area contributed by atoms with Gasteiger partial charge in [-0.25, -0.2) is 9.38 Å². The standard InChI is InChI=1S/C24H27FN4O3.C3H6/c1-14(2)12-16(13-20(26)30)23(31)28-22-24(32)29(3)19-7-5-4-6-18(19)21(27-22)15-8-10-17(25)11-9-15;1-3-2/h4-11,14,16,22H,12-13H2,1-3H3,(H2,26,30)(H,28,31);3H,1H2,2H3/t16-,22?;/m1./s1. The van der Waals surface area contributed by atoms with Crippen LogP contribution in [0.4, 0.5) is 10.1 Å². The van der Waals surface area contributed by atoms with Gasteiger partial charge in [0.05, 0.1) is 11.4 Å². The van der Waals surface area contributed by atoms with Gasteiger partial charge in [0.15, 0.2) is 0 Å². The van der Waals surface area contributed by atoms with Crippen LogP contribution in [0.2, 0.25) is 0 Å². The van der Waals surface area contributed by atoms with Gasteiger partial charge in [0, 0.05) is 30.5 Å². The molecule has 0 fully saturated rings. The number of nitrogens with one attached hydrogen (secondary N) is 1. The first-order valence-electron chi connectivity index (χ1n) is 11.4. The highest BCUT2D eigenvalue weighted by Crippen LogP contribution is 2.27. The molecule has 1 heterocycles. The van der Waals surface area contributed by atoms with Crippen molar-refractivity contribution in [2.45, 2.75) is 39.8 Å². The molecule has 3 amide bonds. The van der Waals surface area contributed by atoms with E-state index in [4.69, 9.17) is 5.73 Å². The van der Waals surface area contributed by atoms with Crippen LogP contribution >= 0.6 is 0 Å². The lowest BCUT2D eigenvalue weighted by molar-refractivity contribution is -0.132. The number of aliphatic imine (C=N–C) groups is 1. The maximum absolute atomic E-state index is 13.5. The van der Waals surface area contributed by atoms with Gasteiger partial charge in [0.1, 0.15) is 5.82 Å². The summed E-state index contributed by atoms with van der Waals surface area (Å²) in [6, 6.07) is 13.0. The molecular weight excluding hydrogens is 447 g/mol. The van der Waals surface area contributed by atoms with Gasteiger partial charge in [-0.05, 0) is 49.6 Å². The molecule has 0 bridgehead atoms. The fraction of sp³-hybridized carbons (Fsp3) is 0.333. The number of nitrogens with two attached hydrogens (primary N) is 1. The lowest BCUT2D eigenvalue weighted by atomic mass is 9.93. The number of carbonyl (C=O) groups is 3. The summed E-state index contributed by atoms with van der Waals surface area (Å²) < 4.78 is 13.5. The average molecular weight is 481 g/mol. The summed E-state index contributed by atoms with van der Waals surface area (Å²) in [5.74, 6) is -2.38. The lowest BCUT2D eigenvalue weighted by Crippen LogP contribution is -2.48. The Kier molecular flexibility index (Phi) is 9.87. The normalized spacial score (nSPS) is 15.7. The molecule has 1 aliphatic rings. The van der Waals surface area contributed by atoms with Crippen molar-refractivity contribution in [3.63, 3.8) is 0 Å². The van der Waals surface area contributed by atoms with E-state index in [0.717, 1.165) is 0 Å². The largest absolute Gasteiger partial charge is 0.370 e. The van der Waals surface area contributed by atoms with E-state index >= 15 is 0 Å². The van der Waals surface area contributed by atoms with E-state index in [-0.39, 0.29) is 12.3 Å². The Morgan fingerprint density at radius 2 is 1.80 bits per heavy atom. The van der Waals surface area contributed by atoms with Crippen molar-refractivity contribution in [1.29, 1.82) is 0 Å². The van der Waals surface area contributed by atoms with Crippen LogP contribution in [0.3, 0.4) is 0 Å². The summed E-state index contributed by atoms with van der Waals surface area (Å²) in [4.78, 5) is 43.7. The van der Waals surface area contributed by atoms with Crippen molar-refractivity contribution in [3.05, 3.63) is 78.1 Å². The Morgan fingerprint density at radius 1 is 1.20 bits per heavy atom. The lowest BCUT2D eigenvalue weighted by Gasteiger charge is -2.23. The van der Waals surface area contributed by atoms with E-state index in [9.17, 15) is 18.8 Å². The van der Waals surface area contributed by atoms with Crippen molar-refractivity contribution in [3.8, 4) is 0 Å². The summed E-state index contributed by atoms with van der Waals surface area (Å²) in [7, 11) is 1.61. The summed E-state index contributed by atoms with van der Waals surface area (Å²) in [5, 5.41) is 2.70. The molecule has 2 atom stereocenters. The van der Waals surface area contributed by atoms with Crippen LogP contribution in [0.15, 0.2) is 66.2 Å². The minimum Gasteiger partial charge on any atom is -0.370 e. The van der Waals surface area contributed by atoms with E-state index in [1.54, 1.807) is 37.4 Å². The quantitative estimate of drug-likeness (QED) is 0.589. The molecule has 186 valence electrons. The molecule has 3 rings (SSSR count). The number of fused-ring (bicyclic) bond motifs is 1. The van der Waals surface area contributed by atoms with Crippen LogP contribution in [-0.4, -0.2) is 36.6 Å². The highest BCUT2D eigenvalue weighted by atomic mass is 19.1. The molecule has 2 aromatic rings. The first kappa shape index (κ1) is 27.4. The first-order valence-corrected chi connectivity index (χ1v) is 11.4. The SMILES string of the molecule is C=CC.CC(C)C[C@H](CC(N)=O)C(=O)NC1N=C(c2ccc(F)cc2)c2ccccc2N(C)C1=O. The molecule has 8 heteroatoms. The second kappa shape index (κ2) is 12.6. The van der Waals surface area contributed by atoms with Gasteiger partial charge < -0.3 is 16.0 Å². The Labute approximate surface area is 205 Å². The monoisotopic (exact) mass is 480 g/mol. The Hall–Kier alpha value is -3.81. The molecule has 35 heavy (non-hydrogen) atoms. The Balaban J connectivity index is 0.00000137. The van der Waals surface area contributed by atoms with Crippen LogP contribution < -0.4 is 16.0 Å². The van der Waals surface area contributed by atoms with Crippen LogP contribution in [0.1, 0.15) is 44.7 Å². The summed E-state index contributed by atoms with van der Waals surface area (Å²) in [6.45, 7) is 9.13. The Bertz CT molecular complexity index is 1100. The highest BCUT2D eigenvalue weighted by molar-refractivity contribution is 6.20. The number of likely N-dealkylation sites (N-methyl/N-ethyl adjacent to an activating group) is 1. The number of halogens is 1. The summed E-state index contributed by atoms with van der Waals surface area (Å²) in [6.07, 6.45) is 0.873. The van der Waals surface area contributed by atoms with E-state index < -0.39 is 35.6 Å². The van der Waals surface area contributed by atoms with Crippen molar-refractivity contribution >= 4 is 29.1 Å². The molecule has 0 radical (unpaired) electrons. The molecule has 0 aliphatic carbocycles. The number of nitrogens with zero attached hydrogens (tertiary/aromatic N) is 2. The fourth-order valence-electron chi connectivity index (χ4n) is 3.80. The molecule has 3 N–H and O–H groups in total. The molecular formula is C27H33FN4O3. The predicted octanol–water partition coefficient (Wildman–Crippen LogP) is 3.81. The van der Waals surface area contributed by atoms with E-state index in [2.05, 4.69) is 16.9 Å². The van der Waals surface area contributed by atoms with Gasteiger partial charge in [-0.15, -0.1) is 6.58 Å². The number of benzodiazepines with no additional fused rings is 1. The second-order valence-electron chi connectivity index (χ2n) is 8.72. The third-order valence-electron chi connectivity index (χ3n) is 5.31. The van der Waals surface area contributed by atoms with Crippen molar-refractivity contribution < 1.29 is 18.8 Å². The van der Waals surface area contributed by atoms with Gasteiger partial charge in [-0.3, -0.25) is 14.4 Å². The first-order chi connectivity index (χ1) is 16.6. The number of primary amides is 1. The molecule has 2 aromatic carbocycles. The summed E-state index contributed by atoms with van der Waals surface area (Å²) >= 11 is 0. The van der Waals surface area contributed by atoms with E-state index in [1.807, 2.05) is 32.9 Å². The van der Waals surface area contributed by atoms with Gasteiger partial charge in [-0.1, -0.05) is 38.1 Å². The van der Waals surface area contributed by atoms with Crippen molar-refractivity contribution in [2.24, 2.45) is 22.6 Å². The number of benzene rings is 2. The third-order valence-corrected chi connectivity index (χ3v) is 5.31. The van der Waals surface area contributed by atoms with Crippen molar-refractivity contribution in [2.75, 3.05) is 11.9 Å². The minimum atomic E-state index is -1.21. The number of rotatable bonds is 7. The molecule has 0 saturated heterocycles. The maximum Gasteiger partial charge on any atom is 0.272 e. The molecule has 0 saturated carbocycles. The molecule has 0 spiro atoms. The molecule has 1 aliphatic heterocycles. The fourth-order valence-corrected chi connectivity index (χ4v) is 3.80. The number of amides is 3. The van der Waals surface area contributed by atoms with Crippen molar-refractivity contribution in [1.82, 2.24) is 5.32 Å². The highest BCUT2D eigenvalue weighted by Gasteiger charge is 2.33. The number of allylic oxidation sites excluding steroid dienone is 1. The number of hydrogen-bond acceptors (Lipinski definition) is 4. The number of anilines is 1. The van der Waals surface area contributed by atoms with E-state index in [1.165, 1.54) is 17.0 Å². The zero-order chi connectivity index (χ0) is 26.1. The Morgan fingerprint density at radius 3 is 2.37 bits per heavy atom. The average Bonchev–Trinajstić information content (AvgIpc) is 2.90. The van der Waals surface area contributed by atoms with Crippen LogP contribution in [0, 0.1) is 17.7 Å². The summed E-state index contributed by atoms with van der Waals surface area (Å²) in [5.41, 5.74) is 7.70. The maximum atomic E-state index is 13.5. The number of carbonyl (C=O) groups excluding carboxylic acids is 3. The van der Waals surface area contributed by atoms with Gasteiger partial charge in [0.2, 0.25) is 18.0 Å². The number of para-hydroxylation sites is 1. The molecule has 1 unspecified atom stereocenters. The predicted molar refractivity (Wildman–Crippen MR) is 136 cm³/mol. The van der Waals surface area contributed by atoms with Crippen LogP contribution in [0.25, 0.3) is 0 Å². The van der Waals surface area contributed by atoms with Crippen LogP contribution in [-0.2, 0) is 14.4 Å². The van der Waals surface area contributed by atoms with Crippen LogP contribution in [0.5, 0.6) is 0 Å². The van der Waals surface area contributed by atoms with Gasteiger partial charge in [0.25, 0.3) is 5.91 Å². The third kappa shape index (κ3) is 7.34. The minimum absolute atomic E-state index is 0.116. The molecule has 0 aromatic heterocycles. The molecule has 7 nitrogen and oxygen atoms in total. The number of hydrogen-bond donors (Lipinski definition) is 2. The zero-order valence-corrected chi connectivity index (χ0v) is 20.6. The second-order valence-corrected chi connectivity index (χ2v) is 8.72. The van der Waals surface area contributed by atoms with Gasteiger partial charge in [-0.2, -0.15) is 0 Å². The van der Waals surface area contributed by atoms with Gasteiger partial charge >= 0.3 is 0 Å². The topological polar surface area (TPSA) is 105 Å².